The molecule has 0 bridgehead atoms. The van der Waals surface area contributed by atoms with E-state index in [2.05, 4.69) is 21.1 Å². The van der Waals surface area contributed by atoms with Crippen molar-refractivity contribution < 1.29 is 4.79 Å². The maximum Gasteiger partial charge on any atom is 0.269 e. The molecule has 2 aromatic heterocycles. The topological polar surface area (TPSA) is 91.6 Å². The molecule has 3 heterocycles. The largest absolute Gasteiger partial charge is 0.364 e. The summed E-state index contributed by atoms with van der Waals surface area (Å²) in [6.07, 6.45) is 3.13. The molecular formula is C14H12N6O. The van der Waals surface area contributed by atoms with Gasteiger partial charge in [-0.2, -0.15) is 5.10 Å². The van der Waals surface area contributed by atoms with Crippen LogP contribution in [0.4, 0.5) is 0 Å². The Balaban J connectivity index is 2.09. The predicted molar refractivity (Wildman–Crippen MR) is 74.9 cm³/mol. The lowest BCUT2D eigenvalue weighted by Gasteiger charge is -2.09. The van der Waals surface area contributed by atoms with E-state index in [-0.39, 0.29) is 5.69 Å². The van der Waals surface area contributed by atoms with Gasteiger partial charge < -0.3 is 5.73 Å². The van der Waals surface area contributed by atoms with Crippen LogP contribution in [0.15, 0.2) is 30.9 Å². The highest BCUT2D eigenvalue weighted by Gasteiger charge is 2.25. The fraction of sp³-hybridized carbons (Fsp3) is 0.143. The number of carbonyl (C=O) groups is 1. The molecular weight excluding hydrogens is 268 g/mol. The molecule has 0 unspecified atom stereocenters. The van der Waals surface area contributed by atoms with Crippen LogP contribution < -0.4 is 5.73 Å². The standard InChI is InChI=1S/C14H12N6O/c1-8-2-3-10-9(4-8)14-16-6-18-20(14)5-11-12(13(15)21)17-7-19(10)11/h2-4,6-7H,5H2,1H3,(H2,15,21). The number of amides is 1. The van der Waals surface area contributed by atoms with Crippen LogP contribution >= 0.6 is 0 Å². The minimum absolute atomic E-state index is 0.268. The zero-order chi connectivity index (χ0) is 14.6. The number of benzene rings is 1. The smallest absolute Gasteiger partial charge is 0.269 e. The quantitative estimate of drug-likeness (QED) is 0.560. The SMILES string of the molecule is Cc1ccc2c(c1)-c1ncnn1Cc1c(C(N)=O)ncn1-2. The Morgan fingerprint density at radius 1 is 1.33 bits per heavy atom. The van der Waals surface area contributed by atoms with Gasteiger partial charge in [-0.3, -0.25) is 9.36 Å². The Kier molecular flexibility index (Phi) is 2.26. The monoisotopic (exact) mass is 280 g/mol. The fourth-order valence-electron chi connectivity index (χ4n) is 2.71. The predicted octanol–water partition coefficient (Wildman–Crippen LogP) is 0.900. The number of carbonyl (C=O) groups excluding carboxylic acids is 1. The number of hydrogen-bond acceptors (Lipinski definition) is 4. The van der Waals surface area contributed by atoms with Gasteiger partial charge in [0.05, 0.1) is 17.9 Å². The lowest BCUT2D eigenvalue weighted by Crippen LogP contribution is -2.16. The molecule has 7 heteroatoms. The van der Waals surface area contributed by atoms with Crippen molar-refractivity contribution in [2.45, 2.75) is 13.5 Å². The summed E-state index contributed by atoms with van der Waals surface area (Å²) in [5, 5.41) is 4.24. The van der Waals surface area contributed by atoms with E-state index in [0.717, 1.165) is 28.3 Å². The second-order valence-corrected chi connectivity index (χ2v) is 5.04. The van der Waals surface area contributed by atoms with E-state index in [1.807, 2.05) is 23.6 Å². The number of aryl methyl sites for hydroxylation is 1. The van der Waals surface area contributed by atoms with E-state index in [1.165, 1.54) is 6.33 Å². The molecule has 0 fully saturated rings. The summed E-state index contributed by atoms with van der Waals surface area (Å²) in [7, 11) is 0. The first-order valence-electron chi connectivity index (χ1n) is 6.50. The minimum Gasteiger partial charge on any atom is -0.364 e. The van der Waals surface area contributed by atoms with Crippen LogP contribution in [0.25, 0.3) is 17.1 Å². The molecule has 3 aromatic rings. The maximum atomic E-state index is 11.6. The Morgan fingerprint density at radius 3 is 3.00 bits per heavy atom. The molecule has 1 aromatic carbocycles. The molecule has 1 aliphatic heterocycles. The normalized spacial score (nSPS) is 12.2. The first kappa shape index (κ1) is 11.8. The molecule has 1 aliphatic rings. The van der Waals surface area contributed by atoms with E-state index in [9.17, 15) is 4.79 Å². The van der Waals surface area contributed by atoms with Crippen molar-refractivity contribution in [1.29, 1.82) is 0 Å². The van der Waals surface area contributed by atoms with Crippen LogP contribution in [0.1, 0.15) is 21.7 Å². The molecule has 4 rings (SSSR count). The lowest BCUT2D eigenvalue weighted by molar-refractivity contribution is 0.0995. The molecule has 21 heavy (non-hydrogen) atoms. The van der Waals surface area contributed by atoms with Crippen molar-refractivity contribution in [3.63, 3.8) is 0 Å². The van der Waals surface area contributed by atoms with Crippen molar-refractivity contribution in [3.05, 3.63) is 47.8 Å². The molecule has 0 saturated heterocycles. The summed E-state index contributed by atoms with van der Waals surface area (Å²) in [6, 6.07) is 6.05. The molecule has 104 valence electrons. The number of fused-ring (bicyclic) bond motifs is 5. The van der Waals surface area contributed by atoms with E-state index in [1.54, 1.807) is 11.0 Å². The van der Waals surface area contributed by atoms with Gasteiger partial charge in [0.2, 0.25) is 0 Å². The summed E-state index contributed by atoms with van der Waals surface area (Å²) in [4.78, 5) is 20.0. The summed E-state index contributed by atoms with van der Waals surface area (Å²) >= 11 is 0. The van der Waals surface area contributed by atoms with Crippen molar-refractivity contribution in [1.82, 2.24) is 24.3 Å². The molecule has 1 amide bonds. The van der Waals surface area contributed by atoms with E-state index >= 15 is 0 Å². The van der Waals surface area contributed by atoms with Crippen LogP contribution in [0.5, 0.6) is 0 Å². The highest BCUT2D eigenvalue weighted by molar-refractivity contribution is 5.92. The number of hydrogen-bond donors (Lipinski definition) is 1. The van der Waals surface area contributed by atoms with E-state index < -0.39 is 5.91 Å². The summed E-state index contributed by atoms with van der Waals surface area (Å²) in [5.41, 5.74) is 9.40. The third-order valence-corrected chi connectivity index (χ3v) is 3.67. The molecule has 7 nitrogen and oxygen atoms in total. The second kappa shape index (κ2) is 4.02. The Morgan fingerprint density at radius 2 is 2.19 bits per heavy atom. The van der Waals surface area contributed by atoms with Crippen molar-refractivity contribution in [3.8, 4) is 17.1 Å². The van der Waals surface area contributed by atoms with Crippen LogP contribution in [-0.4, -0.2) is 30.2 Å². The Labute approximate surface area is 120 Å². The zero-order valence-corrected chi connectivity index (χ0v) is 11.3. The maximum absolute atomic E-state index is 11.6. The highest BCUT2D eigenvalue weighted by Crippen LogP contribution is 2.31. The molecule has 0 radical (unpaired) electrons. The number of nitrogens with zero attached hydrogens (tertiary/aromatic N) is 5. The summed E-state index contributed by atoms with van der Waals surface area (Å²) < 4.78 is 3.64. The van der Waals surface area contributed by atoms with Gasteiger partial charge in [-0.15, -0.1) is 0 Å². The number of rotatable bonds is 1. The van der Waals surface area contributed by atoms with Crippen LogP contribution in [0, 0.1) is 6.92 Å². The lowest BCUT2D eigenvalue weighted by atomic mass is 10.1. The van der Waals surface area contributed by atoms with E-state index in [0.29, 0.717) is 6.54 Å². The van der Waals surface area contributed by atoms with Gasteiger partial charge in [-0.05, 0) is 19.1 Å². The Hall–Kier alpha value is -2.96. The van der Waals surface area contributed by atoms with Crippen LogP contribution in [-0.2, 0) is 6.54 Å². The highest BCUT2D eigenvalue weighted by atomic mass is 16.1. The molecule has 0 atom stereocenters. The van der Waals surface area contributed by atoms with Gasteiger partial charge in [0.1, 0.15) is 12.7 Å². The summed E-state index contributed by atoms with van der Waals surface area (Å²) in [6.45, 7) is 2.43. The van der Waals surface area contributed by atoms with Gasteiger partial charge >= 0.3 is 0 Å². The molecule has 0 spiro atoms. The van der Waals surface area contributed by atoms with Crippen LogP contribution in [0.3, 0.4) is 0 Å². The van der Waals surface area contributed by atoms with Crippen molar-refractivity contribution >= 4 is 5.91 Å². The van der Waals surface area contributed by atoms with Gasteiger partial charge in [0.25, 0.3) is 5.91 Å². The van der Waals surface area contributed by atoms with Crippen molar-refractivity contribution in [2.75, 3.05) is 0 Å². The van der Waals surface area contributed by atoms with Gasteiger partial charge in [0, 0.05) is 5.56 Å². The number of imidazole rings is 1. The van der Waals surface area contributed by atoms with Crippen LogP contribution in [0.2, 0.25) is 0 Å². The number of primary amides is 1. The second-order valence-electron chi connectivity index (χ2n) is 5.04. The minimum atomic E-state index is -0.541. The zero-order valence-electron chi connectivity index (χ0n) is 11.3. The number of nitrogens with two attached hydrogens (primary N) is 1. The first-order chi connectivity index (χ1) is 10.1. The number of aromatic nitrogens is 5. The molecule has 2 N–H and O–H groups in total. The van der Waals surface area contributed by atoms with Gasteiger partial charge in [0.15, 0.2) is 11.5 Å². The average Bonchev–Trinajstić information content (AvgIpc) is 3.04. The van der Waals surface area contributed by atoms with Gasteiger partial charge in [-0.1, -0.05) is 11.6 Å². The van der Waals surface area contributed by atoms with E-state index in [4.69, 9.17) is 5.73 Å². The molecule has 0 saturated carbocycles. The van der Waals surface area contributed by atoms with Crippen molar-refractivity contribution in [2.24, 2.45) is 5.73 Å². The average molecular weight is 280 g/mol. The fourth-order valence-corrected chi connectivity index (χ4v) is 2.71. The van der Waals surface area contributed by atoms with Gasteiger partial charge in [-0.25, -0.2) is 14.6 Å². The summed E-state index contributed by atoms with van der Waals surface area (Å²) in [5.74, 6) is 0.230. The first-order valence-corrected chi connectivity index (χ1v) is 6.50. The third kappa shape index (κ3) is 1.60. The Bertz CT molecular complexity index is 875. The molecule has 0 aliphatic carbocycles. The third-order valence-electron chi connectivity index (χ3n) is 3.67.